The molecular formula is C41H46N3O3S+. The summed E-state index contributed by atoms with van der Waals surface area (Å²) in [5.74, 6) is -0.227. The molecule has 0 aromatic heterocycles. The normalized spacial score (nSPS) is 18.0. The van der Waals surface area contributed by atoms with Crippen LogP contribution in [0.25, 0.3) is 21.5 Å². The van der Waals surface area contributed by atoms with Gasteiger partial charge in [0.25, 0.3) is 10.1 Å². The fourth-order valence-electron chi connectivity index (χ4n) is 7.72. The van der Waals surface area contributed by atoms with Crippen LogP contribution in [0.4, 0.5) is 11.4 Å². The molecule has 2 heterocycles. The lowest BCUT2D eigenvalue weighted by molar-refractivity contribution is -0.438. The summed E-state index contributed by atoms with van der Waals surface area (Å²) in [5.41, 5.74) is 13.0. The zero-order valence-corrected chi connectivity index (χ0v) is 29.2. The first-order valence-electron chi connectivity index (χ1n) is 16.8. The molecule has 0 unspecified atom stereocenters. The van der Waals surface area contributed by atoms with Crippen LogP contribution in [-0.2, 0) is 20.9 Å². The Bertz CT molecular complexity index is 2130. The molecule has 0 saturated heterocycles. The molecule has 2 aliphatic rings. The van der Waals surface area contributed by atoms with E-state index in [0.29, 0.717) is 25.9 Å². The first-order chi connectivity index (χ1) is 22.9. The summed E-state index contributed by atoms with van der Waals surface area (Å²) < 4.78 is 34.2. The molecule has 0 fully saturated rings. The third-order valence-electron chi connectivity index (χ3n) is 9.85. The van der Waals surface area contributed by atoms with E-state index in [0.717, 1.165) is 17.9 Å². The van der Waals surface area contributed by atoms with Crippen molar-refractivity contribution in [2.24, 2.45) is 5.73 Å². The second kappa shape index (κ2) is 13.3. The van der Waals surface area contributed by atoms with Crippen LogP contribution in [0.3, 0.4) is 0 Å². The summed E-state index contributed by atoms with van der Waals surface area (Å²) in [5, 5.41) is 4.97. The van der Waals surface area contributed by atoms with E-state index in [1.807, 2.05) is 6.08 Å². The average molecular weight is 661 g/mol. The Morgan fingerprint density at radius 3 is 2.08 bits per heavy atom. The highest BCUT2D eigenvalue weighted by molar-refractivity contribution is 7.85. The van der Waals surface area contributed by atoms with E-state index in [2.05, 4.69) is 146 Å². The van der Waals surface area contributed by atoms with Crippen molar-refractivity contribution in [1.82, 2.24) is 0 Å². The van der Waals surface area contributed by atoms with Crippen molar-refractivity contribution >= 4 is 48.7 Å². The molecule has 4 aromatic carbocycles. The van der Waals surface area contributed by atoms with Crippen LogP contribution >= 0.6 is 0 Å². The lowest BCUT2D eigenvalue weighted by Gasteiger charge is -2.26. The zero-order chi connectivity index (χ0) is 34.1. The summed E-state index contributed by atoms with van der Waals surface area (Å²) in [6.45, 7) is 11.1. The lowest BCUT2D eigenvalue weighted by Crippen LogP contribution is -2.30. The fraction of sp³-hybridized carbons (Fsp3) is 0.293. The van der Waals surface area contributed by atoms with Gasteiger partial charge in [-0.15, -0.1) is 0 Å². The van der Waals surface area contributed by atoms with Crippen molar-refractivity contribution in [3.05, 3.63) is 132 Å². The van der Waals surface area contributed by atoms with Crippen LogP contribution in [0.2, 0.25) is 0 Å². The summed E-state index contributed by atoms with van der Waals surface area (Å²) in [6.07, 6.45) is 15.8. The molecule has 4 aromatic rings. The van der Waals surface area contributed by atoms with Crippen molar-refractivity contribution < 1.29 is 17.5 Å². The van der Waals surface area contributed by atoms with Gasteiger partial charge in [-0.1, -0.05) is 98.8 Å². The van der Waals surface area contributed by atoms with Crippen molar-refractivity contribution in [3.63, 3.8) is 0 Å². The quantitative estimate of drug-likeness (QED) is 0.0731. The Balaban J connectivity index is 1.25. The van der Waals surface area contributed by atoms with Gasteiger partial charge in [0.2, 0.25) is 5.69 Å². The van der Waals surface area contributed by atoms with Crippen molar-refractivity contribution in [1.29, 1.82) is 0 Å². The Kier molecular flexibility index (Phi) is 9.31. The molecule has 0 spiro atoms. The van der Waals surface area contributed by atoms with Crippen LogP contribution in [0.1, 0.15) is 51.7 Å². The second-order valence-electron chi connectivity index (χ2n) is 13.8. The first kappa shape index (κ1) is 33.6. The second-order valence-corrected chi connectivity index (χ2v) is 15.3. The van der Waals surface area contributed by atoms with Gasteiger partial charge in [-0.3, -0.25) is 4.55 Å². The van der Waals surface area contributed by atoms with Crippen LogP contribution in [-0.4, -0.2) is 48.6 Å². The summed E-state index contributed by atoms with van der Waals surface area (Å²) in [7, 11) is -3.98. The van der Waals surface area contributed by atoms with Crippen LogP contribution in [0, 0.1) is 0 Å². The van der Waals surface area contributed by atoms with Gasteiger partial charge in [-0.2, -0.15) is 13.0 Å². The third kappa shape index (κ3) is 6.30. The average Bonchev–Trinajstić information content (AvgIpc) is 3.40. The summed E-state index contributed by atoms with van der Waals surface area (Å²) >= 11 is 0. The number of allylic oxidation sites excluding steroid dienone is 8. The van der Waals surface area contributed by atoms with Gasteiger partial charge in [0, 0.05) is 54.0 Å². The fourth-order valence-corrected chi connectivity index (χ4v) is 8.29. The van der Waals surface area contributed by atoms with Crippen LogP contribution < -0.4 is 10.6 Å². The SMILES string of the molecule is CC1(C)C(/C=C/C=C/C=C/C=C2\N(CCN)c3ccc4ccccc4c3C2(C)C)=[N+](CCCCS(=O)(=O)O)c2ccc3ccccc3c21. The van der Waals surface area contributed by atoms with Gasteiger partial charge in [-0.25, -0.2) is 0 Å². The number of fused-ring (bicyclic) bond motifs is 6. The maximum absolute atomic E-state index is 11.3. The molecule has 0 radical (unpaired) electrons. The Morgan fingerprint density at radius 2 is 1.40 bits per heavy atom. The first-order valence-corrected chi connectivity index (χ1v) is 18.4. The standard InChI is InChI=1S/C41H45N3O3S/c1-40(2)36(43(27-14-15-29-48(45,46)47)34-24-22-30-16-10-12-18-32(30)38(34)40)20-8-6-5-7-9-21-37-41(3,4)39-33-19-13-11-17-31(33)23-25-35(39)44(37)28-26-42/h5-13,16-25H,14-15,26-29,42H2,1-4H3/p+1. The summed E-state index contributed by atoms with van der Waals surface area (Å²) in [4.78, 5) is 2.36. The summed E-state index contributed by atoms with van der Waals surface area (Å²) in [6, 6.07) is 25.8. The predicted molar refractivity (Wildman–Crippen MR) is 201 cm³/mol. The number of nitrogens with two attached hydrogens (primary N) is 1. The van der Waals surface area contributed by atoms with E-state index < -0.39 is 10.1 Å². The minimum Gasteiger partial charge on any atom is -0.343 e. The number of nitrogens with zero attached hydrogens (tertiary/aromatic N) is 2. The third-order valence-corrected chi connectivity index (χ3v) is 10.7. The minimum atomic E-state index is -3.98. The molecule has 0 amide bonds. The van der Waals surface area contributed by atoms with Gasteiger partial charge in [0.15, 0.2) is 5.71 Å². The number of rotatable bonds is 11. The Hall–Kier alpha value is -4.30. The molecule has 3 N–H and O–H groups in total. The van der Waals surface area contributed by atoms with Crippen molar-refractivity contribution in [2.75, 3.05) is 30.3 Å². The number of anilines is 1. The predicted octanol–water partition coefficient (Wildman–Crippen LogP) is 8.35. The number of benzene rings is 4. The molecule has 2 aliphatic heterocycles. The highest BCUT2D eigenvalue weighted by Crippen LogP contribution is 2.50. The maximum Gasteiger partial charge on any atom is 0.264 e. The minimum absolute atomic E-state index is 0.173. The monoisotopic (exact) mass is 660 g/mol. The number of hydrogen-bond acceptors (Lipinski definition) is 4. The van der Waals surface area contributed by atoms with Crippen molar-refractivity contribution in [2.45, 2.75) is 51.4 Å². The van der Waals surface area contributed by atoms with Gasteiger partial charge >= 0.3 is 0 Å². The van der Waals surface area contributed by atoms with E-state index >= 15 is 0 Å². The highest BCUT2D eigenvalue weighted by atomic mass is 32.2. The molecule has 48 heavy (non-hydrogen) atoms. The zero-order valence-electron chi connectivity index (χ0n) is 28.4. The molecule has 0 saturated carbocycles. The molecule has 7 heteroatoms. The van der Waals surface area contributed by atoms with E-state index in [1.165, 1.54) is 44.1 Å². The molecule has 0 aliphatic carbocycles. The molecule has 0 atom stereocenters. The highest BCUT2D eigenvalue weighted by Gasteiger charge is 2.45. The number of unbranched alkanes of at least 4 members (excludes halogenated alkanes) is 1. The molecular weight excluding hydrogens is 615 g/mol. The molecule has 6 nitrogen and oxygen atoms in total. The van der Waals surface area contributed by atoms with Gasteiger partial charge in [0.1, 0.15) is 6.54 Å². The molecule has 6 rings (SSSR count). The maximum atomic E-state index is 11.3. The number of hydrogen-bond donors (Lipinski definition) is 2. The van der Waals surface area contributed by atoms with Crippen LogP contribution in [0.5, 0.6) is 0 Å². The lowest BCUT2D eigenvalue weighted by atomic mass is 9.79. The van der Waals surface area contributed by atoms with E-state index in [4.69, 9.17) is 5.73 Å². The molecule has 248 valence electrons. The van der Waals surface area contributed by atoms with E-state index in [1.54, 1.807) is 0 Å². The Morgan fingerprint density at radius 1 is 0.771 bits per heavy atom. The topological polar surface area (TPSA) is 86.6 Å². The van der Waals surface area contributed by atoms with Gasteiger partial charge < -0.3 is 10.6 Å². The van der Waals surface area contributed by atoms with E-state index in [-0.39, 0.29) is 16.6 Å². The van der Waals surface area contributed by atoms with E-state index in [9.17, 15) is 13.0 Å². The van der Waals surface area contributed by atoms with Crippen molar-refractivity contribution in [3.8, 4) is 0 Å². The van der Waals surface area contributed by atoms with Gasteiger partial charge in [0.05, 0.1) is 11.2 Å². The smallest absolute Gasteiger partial charge is 0.264 e. The van der Waals surface area contributed by atoms with Gasteiger partial charge in [-0.05, 0) is 65.6 Å². The molecule has 0 bridgehead atoms. The Labute approximate surface area is 285 Å². The largest absolute Gasteiger partial charge is 0.343 e. The van der Waals surface area contributed by atoms with Crippen LogP contribution in [0.15, 0.2) is 121 Å².